The zero-order valence-electron chi connectivity index (χ0n) is 16.8. The van der Waals surface area contributed by atoms with Gasteiger partial charge in [-0.25, -0.2) is 9.97 Å². The molecule has 0 aliphatic heterocycles. The summed E-state index contributed by atoms with van der Waals surface area (Å²) in [7, 11) is 9.63. The number of hydrogen-bond donors (Lipinski definition) is 1. The van der Waals surface area contributed by atoms with Gasteiger partial charge in [0, 0.05) is 61.0 Å². The molecule has 0 saturated heterocycles. The summed E-state index contributed by atoms with van der Waals surface area (Å²) in [6.45, 7) is 3.34. The molecule has 1 aromatic heterocycles. The maximum atomic E-state index is 11.5. The van der Waals surface area contributed by atoms with E-state index in [0.717, 1.165) is 0 Å². The molecule has 1 aromatic rings. The van der Waals surface area contributed by atoms with Gasteiger partial charge in [-0.05, 0) is 19.9 Å². The van der Waals surface area contributed by atoms with Crippen molar-refractivity contribution < 1.29 is 23.7 Å². The van der Waals surface area contributed by atoms with Gasteiger partial charge in [0.2, 0.25) is 23.3 Å². The second kappa shape index (κ2) is 10.8. The fourth-order valence-electron chi connectivity index (χ4n) is 1.57. The SMILES string of the molecule is COC(C)(OC)C(=O)/C=C/N(C)C.COC(C)(OC)c1ccnc(N)n1. The van der Waals surface area contributed by atoms with E-state index in [9.17, 15) is 4.79 Å². The Morgan fingerprint density at radius 2 is 1.65 bits per heavy atom. The number of nitrogen functional groups attached to an aromatic ring is 1. The predicted molar refractivity (Wildman–Crippen MR) is 98.1 cm³/mol. The van der Waals surface area contributed by atoms with Gasteiger partial charge in [-0.1, -0.05) is 0 Å². The van der Waals surface area contributed by atoms with Crippen molar-refractivity contribution in [3.8, 4) is 0 Å². The van der Waals surface area contributed by atoms with E-state index in [1.165, 1.54) is 20.3 Å². The summed E-state index contributed by atoms with van der Waals surface area (Å²) < 4.78 is 20.2. The summed E-state index contributed by atoms with van der Waals surface area (Å²) in [5, 5.41) is 0. The molecule has 1 heterocycles. The minimum absolute atomic E-state index is 0.206. The summed E-state index contributed by atoms with van der Waals surface area (Å²) in [5.74, 6) is -2.05. The smallest absolute Gasteiger partial charge is 0.229 e. The molecule has 0 aliphatic carbocycles. The van der Waals surface area contributed by atoms with Gasteiger partial charge in [-0.2, -0.15) is 0 Å². The van der Waals surface area contributed by atoms with Gasteiger partial charge < -0.3 is 29.6 Å². The van der Waals surface area contributed by atoms with E-state index in [1.807, 2.05) is 14.1 Å². The number of nitrogens with two attached hydrogens (primary N) is 1. The number of rotatable bonds is 8. The quantitative estimate of drug-likeness (QED) is 0.532. The van der Waals surface area contributed by atoms with Crippen molar-refractivity contribution in [3.05, 3.63) is 30.2 Å². The monoisotopic (exact) mass is 370 g/mol. The highest BCUT2D eigenvalue weighted by Gasteiger charge is 2.30. The first-order valence-corrected chi connectivity index (χ1v) is 7.77. The molecular weight excluding hydrogens is 340 g/mol. The molecule has 0 radical (unpaired) electrons. The van der Waals surface area contributed by atoms with E-state index >= 15 is 0 Å². The van der Waals surface area contributed by atoms with Crippen LogP contribution in [0.5, 0.6) is 0 Å². The zero-order valence-corrected chi connectivity index (χ0v) is 16.8. The Labute approximate surface area is 155 Å². The van der Waals surface area contributed by atoms with Crippen LogP contribution in [0.4, 0.5) is 5.95 Å². The van der Waals surface area contributed by atoms with E-state index in [1.54, 1.807) is 51.4 Å². The molecule has 0 saturated carbocycles. The van der Waals surface area contributed by atoms with Crippen LogP contribution < -0.4 is 5.73 Å². The van der Waals surface area contributed by atoms with Crippen molar-refractivity contribution in [2.75, 3.05) is 48.3 Å². The highest BCUT2D eigenvalue weighted by Crippen LogP contribution is 2.22. The van der Waals surface area contributed by atoms with Crippen LogP contribution in [0.1, 0.15) is 19.5 Å². The highest BCUT2D eigenvalue weighted by molar-refractivity contribution is 5.95. The van der Waals surface area contributed by atoms with E-state index in [4.69, 9.17) is 24.7 Å². The molecule has 9 heteroatoms. The fourth-order valence-corrected chi connectivity index (χ4v) is 1.57. The number of carbonyl (C=O) groups excluding carboxylic acids is 1. The van der Waals surface area contributed by atoms with Crippen molar-refractivity contribution in [2.24, 2.45) is 0 Å². The Kier molecular flexibility index (Phi) is 9.96. The molecule has 2 N–H and O–H groups in total. The van der Waals surface area contributed by atoms with Gasteiger partial charge in [0.05, 0.1) is 0 Å². The predicted octanol–water partition coefficient (Wildman–Crippen LogP) is 1.16. The average Bonchev–Trinajstić information content (AvgIpc) is 2.65. The van der Waals surface area contributed by atoms with Crippen molar-refractivity contribution >= 4 is 11.7 Å². The van der Waals surface area contributed by atoms with Crippen molar-refractivity contribution in [2.45, 2.75) is 25.4 Å². The lowest BCUT2D eigenvalue weighted by molar-refractivity contribution is -0.204. The summed E-state index contributed by atoms with van der Waals surface area (Å²) >= 11 is 0. The lowest BCUT2D eigenvalue weighted by Crippen LogP contribution is -2.38. The first-order chi connectivity index (χ1) is 12.1. The molecule has 148 valence electrons. The summed E-state index contributed by atoms with van der Waals surface area (Å²) in [4.78, 5) is 21.0. The van der Waals surface area contributed by atoms with E-state index in [2.05, 4.69) is 9.97 Å². The topological polar surface area (TPSA) is 109 Å². The third-order valence-electron chi connectivity index (χ3n) is 3.67. The first kappa shape index (κ1) is 23.9. The molecule has 0 aromatic carbocycles. The summed E-state index contributed by atoms with van der Waals surface area (Å²) in [6.07, 6.45) is 4.64. The van der Waals surface area contributed by atoms with E-state index in [-0.39, 0.29) is 11.7 Å². The number of hydrogen-bond acceptors (Lipinski definition) is 9. The van der Waals surface area contributed by atoms with Gasteiger partial charge in [0.25, 0.3) is 0 Å². The van der Waals surface area contributed by atoms with Crippen LogP contribution in [0, 0.1) is 0 Å². The number of carbonyl (C=O) groups is 1. The molecule has 1 rings (SSSR count). The molecule has 0 aliphatic rings. The zero-order chi connectivity index (χ0) is 20.4. The van der Waals surface area contributed by atoms with Crippen molar-refractivity contribution in [1.29, 1.82) is 0 Å². The molecular formula is C17H30N4O5. The Balaban J connectivity index is 0.000000481. The van der Waals surface area contributed by atoms with Gasteiger partial charge in [0.1, 0.15) is 5.69 Å². The molecule has 0 spiro atoms. The van der Waals surface area contributed by atoms with Crippen LogP contribution in [0.15, 0.2) is 24.5 Å². The highest BCUT2D eigenvalue weighted by atomic mass is 16.7. The molecule has 0 atom stereocenters. The number of ether oxygens (including phenoxy) is 4. The van der Waals surface area contributed by atoms with Gasteiger partial charge in [0.15, 0.2) is 0 Å². The van der Waals surface area contributed by atoms with Crippen LogP contribution in [0.25, 0.3) is 0 Å². The largest absolute Gasteiger partial charge is 0.383 e. The molecule has 0 fully saturated rings. The lowest BCUT2D eigenvalue weighted by Gasteiger charge is -2.25. The van der Waals surface area contributed by atoms with Crippen LogP contribution in [0.2, 0.25) is 0 Å². The molecule has 0 unspecified atom stereocenters. The minimum atomic E-state index is -1.17. The average molecular weight is 370 g/mol. The lowest BCUT2D eigenvalue weighted by atomic mass is 10.2. The molecule has 0 bridgehead atoms. The Morgan fingerprint density at radius 1 is 1.12 bits per heavy atom. The van der Waals surface area contributed by atoms with Crippen LogP contribution >= 0.6 is 0 Å². The van der Waals surface area contributed by atoms with Gasteiger partial charge in [-0.3, -0.25) is 4.79 Å². The second-order valence-corrected chi connectivity index (χ2v) is 5.65. The molecule has 0 amide bonds. The standard InChI is InChI=1S/C9H17NO3.C8H13N3O2/c1-9(12-4,13-5)8(11)6-7-10(2)3;1-8(12-2,13-3)6-4-5-10-7(9)11-6/h6-7H,1-5H3;4-5H,1-3H3,(H2,9,10,11)/b7-6+;. The molecule has 9 nitrogen and oxygen atoms in total. The number of nitrogens with zero attached hydrogens (tertiary/aromatic N) is 3. The van der Waals surface area contributed by atoms with Gasteiger partial charge in [-0.15, -0.1) is 0 Å². The van der Waals surface area contributed by atoms with E-state index < -0.39 is 11.6 Å². The summed E-state index contributed by atoms with van der Waals surface area (Å²) in [5.41, 5.74) is 6.03. The Morgan fingerprint density at radius 3 is 2.04 bits per heavy atom. The van der Waals surface area contributed by atoms with Crippen molar-refractivity contribution in [3.63, 3.8) is 0 Å². The normalized spacial score (nSPS) is 11.8. The van der Waals surface area contributed by atoms with Crippen LogP contribution in [0.3, 0.4) is 0 Å². The fraction of sp³-hybridized carbons (Fsp3) is 0.588. The maximum absolute atomic E-state index is 11.5. The van der Waals surface area contributed by atoms with E-state index in [0.29, 0.717) is 5.69 Å². The number of aromatic nitrogens is 2. The third-order valence-corrected chi connectivity index (χ3v) is 3.67. The number of ketones is 1. The Hall–Kier alpha value is -2.07. The van der Waals surface area contributed by atoms with Crippen LogP contribution in [-0.4, -0.2) is 69.0 Å². The van der Waals surface area contributed by atoms with Crippen LogP contribution in [-0.2, 0) is 29.5 Å². The second-order valence-electron chi connectivity index (χ2n) is 5.65. The first-order valence-electron chi connectivity index (χ1n) is 7.77. The number of anilines is 1. The number of methoxy groups -OCH3 is 4. The van der Waals surface area contributed by atoms with Crippen molar-refractivity contribution in [1.82, 2.24) is 14.9 Å². The Bertz CT molecular complexity index is 584. The minimum Gasteiger partial charge on any atom is -0.383 e. The maximum Gasteiger partial charge on any atom is 0.229 e. The third kappa shape index (κ3) is 7.04. The van der Waals surface area contributed by atoms with Gasteiger partial charge >= 0.3 is 0 Å². The molecule has 26 heavy (non-hydrogen) atoms. The summed E-state index contributed by atoms with van der Waals surface area (Å²) in [6, 6.07) is 1.70.